The van der Waals surface area contributed by atoms with E-state index in [0.29, 0.717) is 6.54 Å². The first-order chi connectivity index (χ1) is 6.58. The van der Waals surface area contributed by atoms with Crippen molar-refractivity contribution in [2.75, 3.05) is 18.8 Å². The molecule has 0 bridgehead atoms. The fourth-order valence-electron chi connectivity index (χ4n) is 1.34. The third-order valence-corrected chi connectivity index (χ3v) is 3.20. The molecule has 1 heterocycles. The van der Waals surface area contributed by atoms with Gasteiger partial charge in [-0.15, -0.1) is 0 Å². The van der Waals surface area contributed by atoms with E-state index in [1.807, 2.05) is 0 Å². The van der Waals surface area contributed by atoms with Gasteiger partial charge in [0.2, 0.25) is 9.05 Å². The second-order valence-corrected chi connectivity index (χ2v) is 6.21. The number of halogens is 1. The smallest absolute Gasteiger partial charge is 0.234 e. The molecule has 0 saturated heterocycles. The predicted molar refractivity (Wildman–Crippen MR) is 58.4 cm³/mol. The maximum Gasteiger partial charge on any atom is 0.234 e. The van der Waals surface area contributed by atoms with Crippen molar-refractivity contribution in [2.24, 2.45) is 4.99 Å². The lowest BCUT2D eigenvalue weighted by Gasteiger charge is -2.06. The van der Waals surface area contributed by atoms with Crippen molar-refractivity contribution in [2.45, 2.75) is 25.7 Å². The highest BCUT2D eigenvalue weighted by Gasteiger charge is 2.07. The van der Waals surface area contributed by atoms with Crippen LogP contribution in [0.4, 0.5) is 0 Å². The summed E-state index contributed by atoms with van der Waals surface area (Å²) >= 11 is 0. The van der Waals surface area contributed by atoms with Gasteiger partial charge in [-0.1, -0.05) is 6.42 Å². The number of hydrogen-bond acceptors (Lipinski definition) is 4. The van der Waals surface area contributed by atoms with Gasteiger partial charge in [-0.05, 0) is 12.8 Å². The highest BCUT2D eigenvalue weighted by atomic mass is 35.7. The van der Waals surface area contributed by atoms with Gasteiger partial charge in [0.1, 0.15) is 0 Å². The normalized spacial score (nSPS) is 18.5. The van der Waals surface area contributed by atoms with Crippen molar-refractivity contribution < 1.29 is 8.42 Å². The summed E-state index contributed by atoms with van der Waals surface area (Å²) in [5, 5.41) is 3.00. The van der Waals surface area contributed by atoms with Crippen LogP contribution in [-0.2, 0) is 9.05 Å². The summed E-state index contributed by atoms with van der Waals surface area (Å²) in [6.45, 7) is 1.20. The minimum absolute atomic E-state index is 0.0480. The van der Waals surface area contributed by atoms with Crippen molar-refractivity contribution in [3.8, 4) is 0 Å². The SMILES string of the molecule is O=S(=O)(Cl)CCNC1=NCCCCC1. The van der Waals surface area contributed by atoms with E-state index in [1.54, 1.807) is 0 Å². The lowest BCUT2D eigenvalue weighted by molar-refractivity contribution is 0.608. The molecule has 1 rings (SSSR count). The molecule has 0 unspecified atom stereocenters. The molecule has 0 saturated carbocycles. The van der Waals surface area contributed by atoms with Crippen LogP contribution in [0.5, 0.6) is 0 Å². The van der Waals surface area contributed by atoms with Gasteiger partial charge in [0, 0.05) is 30.2 Å². The van der Waals surface area contributed by atoms with Gasteiger partial charge < -0.3 is 5.32 Å². The Balaban J connectivity index is 2.26. The highest BCUT2D eigenvalue weighted by molar-refractivity contribution is 8.13. The van der Waals surface area contributed by atoms with Crippen molar-refractivity contribution >= 4 is 25.6 Å². The van der Waals surface area contributed by atoms with Gasteiger partial charge in [-0.3, -0.25) is 4.99 Å². The summed E-state index contributed by atoms with van der Waals surface area (Å²) in [6, 6.07) is 0. The van der Waals surface area contributed by atoms with Crippen molar-refractivity contribution in [1.29, 1.82) is 0 Å². The molecule has 0 spiro atoms. The number of hydrogen-bond donors (Lipinski definition) is 1. The van der Waals surface area contributed by atoms with Crippen LogP contribution >= 0.6 is 10.7 Å². The molecule has 0 aliphatic carbocycles. The van der Waals surface area contributed by atoms with Crippen molar-refractivity contribution in [3.05, 3.63) is 0 Å². The second-order valence-electron chi connectivity index (χ2n) is 3.31. The van der Waals surface area contributed by atoms with Crippen LogP contribution in [0.15, 0.2) is 4.99 Å². The van der Waals surface area contributed by atoms with E-state index >= 15 is 0 Å². The fourth-order valence-corrected chi connectivity index (χ4v) is 1.91. The van der Waals surface area contributed by atoms with Gasteiger partial charge in [0.25, 0.3) is 0 Å². The van der Waals surface area contributed by atoms with E-state index < -0.39 is 9.05 Å². The number of amidine groups is 1. The summed E-state index contributed by atoms with van der Waals surface area (Å²) in [7, 11) is 1.70. The minimum atomic E-state index is -3.38. The summed E-state index contributed by atoms with van der Waals surface area (Å²) in [4.78, 5) is 4.31. The summed E-state index contributed by atoms with van der Waals surface area (Å²) in [6.07, 6.45) is 4.36. The van der Waals surface area contributed by atoms with Crippen LogP contribution < -0.4 is 5.32 Å². The number of nitrogens with zero attached hydrogens (tertiary/aromatic N) is 1. The van der Waals surface area contributed by atoms with Crippen LogP contribution in [0.2, 0.25) is 0 Å². The Kier molecular flexibility index (Phi) is 4.68. The summed E-state index contributed by atoms with van der Waals surface area (Å²) in [5.74, 6) is 0.871. The van der Waals surface area contributed by atoms with E-state index in [-0.39, 0.29) is 5.75 Å². The van der Waals surface area contributed by atoms with E-state index in [9.17, 15) is 8.42 Å². The average molecular weight is 239 g/mol. The minimum Gasteiger partial charge on any atom is -0.373 e. The Morgan fingerprint density at radius 1 is 1.36 bits per heavy atom. The molecule has 0 aromatic heterocycles. The molecule has 4 nitrogen and oxygen atoms in total. The summed E-state index contributed by atoms with van der Waals surface area (Å²) < 4.78 is 21.3. The maximum absolute atomic E-state index is 10.6. The van der Waals surface area contributed by atoms with E-state index in [1.165, 1.54) is 6.42 Å². The number of nitrogens with one attached hydrogen (secondary N) is 1. The Hall–Kier alpha value is -0.290. The van der Waals surface area contributed by atoms with Crippen LogP contribution in [0.3, 0.4) is 0 Å². The predicted octanol–water partition coefficient (Wildman–Crippen LogP) is 1.12. The first-order valence-corrected chi connectivity index (χ1v) is 7.25. The largest absolute Gasteiger partial charge is 0.373 e. The summed E-state index contributed by atoms with van der Waals surface area (Å²) in [5.41, 5.74) is 0. The van der Waals surface area contributed by atoms with Crippen molar-refractivity contribution in [1.82, 2.24) is 5.32 Å². The van der Waals surface area contributed by atoms with E-state index in [0.717, 1.165) is 31.6 Å². The molecule has 0 aromatic rings. The molecule has 1 aliphatic rings. The molecule has 14 heavy (non-hydrogen) atoms. The Morgan fingerprint density at radius 3 is 2.86 bits per heavy atom. The fraction of sp³-hybridized carbons (Fsp3) is 0.875. The van der Waals surface area contributed by atoms with Gasteiger partial charge in [-0.25, -0.2) is 8.42 Å². The topological polar surface area (TPSA) is 58.5 Å². The monoisotopic (exact) mass is 238 g/mol. The van der Waals surface area contributed by atoms with Crippen LogP contribution in [0, 0.1) is 0 Å². The van der Waals surface area contributed by atoms with Gasteiger partial charge in [-0.2, -0.15) is 0 Å². The quantitative estimate of drug-likeness (QED) is 0.750. The zero-order valence-corrected chi connectivity index (χ0v) is 9.57. The van der Waals surface area contributed by atoms with E-state index in [4.69, 9.17) is 10.7 Å². The molecule has 0 fully saturated rings. The maximum atomic E-state index is 10.6. The third kappa shape index (κ3) is 5.44. The second kappa shape index (κ2) is 5.56. The Labute approximate surface area is 89.2 Å². The number of aliphatic imine (C=N–C) groups is 1. The zero-order valence-electron chi connectivity index (χ0n) is 8.00. The van der Waals surface area contributed by atoms with Crippen LogP contribution in [0.1, 0.15) is 25.7 Å². The molecule has 1 aliphatic heterocycles. The van der Waals surface area contributed by atoms with Crippen molar-refractivity contribution in [3.63, 3.8) is 0 Å². The third-order valence-electron chi connectivity index (χ3n) is 2.05. The Bertz CT molecular complexity index is 300. The number of rotatable bonds is 3. The van der Waals surface area contributed by atoms with Crippen LogP contribution in [-0.4, -0.2) is 33.1 Å². The van der Waals surface area contributed by atoms with Gasteiger partial charge in [0.15, 0.2) is 0 Å². The molecule has 1 N–H and O–H groups in total. The molecule has 0 aromatic carbocycles. The molecule has 6 heteroatoms. The molecule has 0 atom stereocenters. The highest BCUT2D eigenvalue weighted by Crippen LogP contribution is 2.05. The molecule has 82 valence electrons. The molecule has 0 amide bonds. The Morgan fingerprint density at radius 2 is 2.14 bits per heavy atom. The molecular formula is C8H15ClN2O2S. The first kappa shape index (κ1) is 11.8. The lowest BCUT2D eigenvalue weighted by Crippen LogP contribution is -2.27. The van der Waals surface area contributed by atoms with E-state index in [2.05, 4.69) is 10.3 Å². The molecular weight excluding hydrogens is 224 g/mol. The van der Waals surface area contributed by atoms with Crippen LogP contribution in [0.25, 0.3) is 0 Å². The zero-order chi connectivity index (χ0) is 10.4. The lowest BCUT2D eigenvalue weighted by atomic mass is 10.2. The van der Waals surface area contributed by atoms with Gasteiger partial charge in [0.05, 0.1) is 11.6 Å². The average Bonchev–Trinajstić information content (AvgIpc) is 2.30. The molecule has 0 radical (unpaired) electrons. The first-order valence-electron chi connectivity index (χ1n) is 4.77. The standard InChI is InChI=1S/C8H15ClN2O2S/c9-14(12,13)7-6-11-8-4-2-1-3-5-10-8/h1-7H2,(H,10,11). The van der Waals surface area contributed by atoms with Gasteiger partial charge >= 0.3 is 0 Å².